The van der Waals surface area contributed by atoms with E-state index in [2.05, 4.69) is 5.32 Å². The van der Waals surface area contributed by atoms with E-state index in [1.807, 2.05) is 25.9 Å². The number of aliphatic hydroxyl groups is 1. The van der Waals surface area contributed by atoms with Gasteiger partial charge in [-0.15, -0.1) is 0 Å². The van der Waals surface area contributed by atoms with Crippen LogP contribution in [0.3, 0.4) is 0 Å². The second-order valence-corrected chi connectivity index (χ2v) is 5.65. The Bertz CT molecular complexity index is 206. The summed E-state index contributed by atoms with van der Waals surface area (Å²) in [6.45, 7) is 3.96. The number of hydrogen-bond acceptors (Lipinski definition) is 4. The van der Waals surface area contributed by atoms with Crippen molar-refractivity contribution in [1.29, 1.82) is 0 Å². The second kappa shape index (κ2) is 5.96. The average Bonchev–Trinajstić information content (AvgIpc) is 2.59. The van der Waals surface area contributed by atoms with Crippen molar-refractivity contribution >= 4 is 0 Å². The molecule has 3 atom stereocenters. The van der Waals surface area contributed by atoms with Crippen LogP contribution in [0, 0.1) is 5.92 Å². The van der Waals surface area contributed by atoms with Crippen LogP contribution in [-0.2, 0) is 0 Å². The van der Waals surface area contributed by atoms with Gasteiger partial charge < -0.3 is 21.1 Å². The van der Waals surface area contributed by atoms with Gasteiger partial charge >= 0.3 is 0 Å². The first-order valence-corrected chi connectivity index (χ1v) is 6.25. The highest BCUT2D eigenvalue weighted by Gasteiger charge is 2.28. The van der Waals surface area contributed by atoms with E-state index in [4.69, 9.17) is 5.73 Å². The first-order chi connectivity index (χ1) is 7.44. The zero-order valence-electron chi connectivity index (χ0n) is 10.9. The maximum atomic E-state index is 10.2. The molecule has 4 nitrogen and oxygen atoms in total. The maximum Gasteiger partial charge on any atom is 0.0869 e. The molecular weight excluding hydrogens is 202 g/mol. The molecule has 0 amide bonds. The van der Waals surface area contributed by atoms with E-state index in [1.54, 1.807) is 0 Å². The van der Waals surface area contributed by atoms with Gasteiger partial charge in [-0.25, -0.2) is 0 Å². The van der Waals surface area contributed by atoms with E-state index >= 15 is 0 Å². The minimum absolute atomic E-state index is 0.499. The highest BCUT2D eigenvalue weighted by molar-refractivity contribution is 4.87. The summed E-state index contributed by atoms with van der Waals surface area (Å²) in [6.07, 6.45) is 3.68. The van der Waals surface area contributed by atoms with Gasteiger partial charge in [-0.2, -0.15) is 0 Å². The Morgan fingerprint density at radius 1 is 1.44 bits per heavy atom. The molecule has 0 spiro atoms. The van der Waals surface area contributed by atoms with Crippen molar-refractivity contribution in [3.05, 3.63) is 0 Å². The summed E-state index contributed by atoms with van der Waals surface area (Å²) in [5, 5.41) is 13.6. The van der Waals surface area contributed by atoms with Crippen LogP contribution in [0.5, 0.6) is 0 Å². The van der Waals surface area contributed by atoms with Crippen molar-refractivity contribution in [2.45, 2.75) is 37.8 Å². The molecule has 0 saturated heterocycles. The lowest BCUT2D eigenvalue weighted by Gasteiger charge is -2.30. The van der Waals surface area contributed by atoms with Gasteiger partial charge in [0, 0.05) is 19.1 Å². The summed E-state index contributed by atoms with van der Waals surface area (Å²) < 4.78 is 0. The Balaban J connectivity index is 2.32. The molecule has 1 saturated carbocycles. The molecule has 0 aromatic carbocycles. The van der Waals surface area contributed by atoms with E-state index in [1.165, 1.54) is 19.3 Å². The van der Waals surface area contributed by atoms with Gasteiger partial charge in [0.05, 0.1) is 5.60 Å². The number of likely N-dealkylation sites (N-methyl/N-ethyl adjacent to an activating group) is 1. The van der Waals surface area contributed by atoms with Crippen LogP contribution in [0.2, 0.25) is 0 Å². The van der Waals surface area contributed by atoms with Gasteiger partial charge in [0.15, 0.2) is 0 Å². The van der Waals surface area contributed by atoms with E-state index in [-0.39, 0.29) is 0 Å². The molecule has 0 heterocycles. The summed E-state index contributed by atoms with van der Waals surface area (Å²) >= 11 is 0. The zero-order chi connectivity index (χ0) is 12.2. The Kier molecular flexibility index (Phi) is 5.18. The number of nitrogens with zero attached hydrogens (tertiary/aromatic N) is 1. The fraction of sp³-hybridized carbons (Fsp3) is 1.00. The molecule has 16 heavy (non-hydrogen) atoms. The number of rotatable bonds is 6. The molecular formula is C12H27N3O. The van der Waals surface area contributed by atoms with Gasteiger partial charge in [0.1, 0.15) is 0 Å². The summed E-state index contributed by atoms with van der Waals surface area (Å²) in [5.74, 6) is 0.593. The molecule has 96 valence electrons. The number of nitrogens with one attached hydrogen (secondary N) is 1. The minimum atomic E-state index is -0.661. The smallest absolute Gasteiger partial charge is 0.0869 e. The van der Waals surface area contributed by atoms with E-state index in [0.717, 1.165) is 6.54 Å². The number of hydrogen-bond donors (Lipinski definition) is 3. The lowest BCUT2D eigenvalue weighted by Crippen LogP contribution is -2.49. The van der Waals surface area contributed by atoms with Crippen molar-refractivity contribution in [1.82, 2.24) is 10.2 Å². The van der Waals surface area contributed by atoms with Gasteiger partial charge in [0.2, 0.25) is 0 Å². The van der Waals surface area contributed by atoms with Crippen molar-refractivity contribution in [2.24, 2.45) is 11.7 Å². The maximum absolute atomic E-state index is 10.2. The van der Waals surface area contributed by atoms with Crippen LogP contribution >= 0.6 is 0 Å². The highest BCUT2D eigenvalue weighted by atomic mass is 16.3. The van der Waals surface area contributed by atoms with Gasteiger partial charge in [-0.3, -0.25) is 0 Å². The molecule has 4 N–H and O–H groups in total. The van der Waals surface area contributed by atoms with Crippen LogP contribution in [-0.4, -0.2) is 55.4 Å². The Morgan fingerprint density at radius 3 is 2.69 bits per heavy atom. The topological polar surface area (TPSA) is 61.5 Å². The average molecular weight is 229 g/mol. The van der Waals surface area contributed by atoms with Crippen LogP contribution in [0.15, 0.2) is 0 Å². The van der Waals surface area contributed by atoms with Gasteiger partial charge in [-0.1, -0.05) is 6.42 Å². The summed E-state index contributed by atoms with van der Waals surface area (Å²) in [6, 6.07) is 0.499. The van der Waals surface area contributed by atoms with Crippen molar-refractivity contribution in [3.63, 3.8) is 0 Å². The van der Waals surface area contributed by atoms with Crippen LogP contribution in [0.1, 0.15) is 26.2 Å². The predicted octanol–water partition coefficient (Wildman–Crippen LogP) is 0.0160. The van der Waals surface area contributed by atoms with Crippen LogP contribution in [0.25, 0.3) is 0 Å². The monoisotopic (exact) mass is 229 g/mol. The Hall–Kier alpha value is -0.160. The molecule has 1 fully saturated rings. The molecule has 1 rings (SSSR count). The number of nitrogens with two attached hydrogens (primary N) is 1. The van der Waals surface area contributed by atoms with E-state index < -0.39 is 5.60 Å². The third-order valence-corrected chi connectivity index (χ3v) is 3.36. The highest BCUT2D eigenvalue weighted by Crippen LogP contribution is 2.24. The minimum Gasteiger partial charge on any atom is -0.388 e. The zero-order valence-corrected chi connectivity index (χ0v) is 10.9. The van der Waals surface area contributed by atoms with Crippen molar-refractivity contribution in [2.75, 3.05) is 33.7 Å². The largest absolute Gasteiger partial charge is 0.388 e. The molecule has 0 bridgehead atoms. The fourth-order valence-corrected chi connectivity index (χ4v) is 2.68. The van der Waals surface area contributed by atoms with Crippen LogP contribution in [0.4, 0.5) is 0 Å². The van der Waals surface area contributed by atoms with Crippen molar-refractivity contribution < 1.29 is 5.11 Å². The summed E-state index contributed by atoms with van der Waals surface area (Å²) in [7, 11) is 3.96. The normalized spacial score (nSPS) is 29.6. The van der Waals surface area contributed by atoms with E-state index in [0.29, 0.717) is 25.0 Å². The first kappa shape index (κ1) is 13.9. The molecule has 4 heteroatoms. The standard InChI is InChI=1S/C12H27N3O/c1-12(16,9-15(2)3)8-14-11-6-4-5-10(11)7-13/h10-11,14,16H,4-9,13H2,1-3H3. The molecule has 3 unspecified atom stereocenters. The lowest BCUT2D eigenvalue weighted by molar-refractivity contribution is 0.0303. The Labute approximate surface area is 99.2 Å². The van der Waals surface area contributed by atoms with Gasteiger partial charge in [0.25, 0.3) is 0 Å². The molecule has 1 aliphatic rings. The first-order valence-electron chi connectivity index (χ1n) is 6.25. The van der Waals surface area contributed by atoms with Crippen molar-refractivity contribution in [3.8, 4) is 0 Å². The summed E-state index contributed by atoms with van der Waals surface area (Å²) in [4.78, 5) is 2.01. The summed E-state index contributed by atoms with van der Waals surface area (Å²) in [5.41, 5.74) is 5.07. The molecule has 1 aliphatic carbocycles. The third-order valence-electron chi connectivity index (χ3n) is 3.36. The lowest BCUT2D eigenvalue weighted by atomic mass is 10.0. The molecule has 0 aliphatic heterocycles. The fourth-order valence-electron chi connectivity index (χ4n) is 2.68. The predicted molar refractivity (Wildman–Crippen MR) is 67.4 cm³/mol. The molecule has 0 aromatic rings. The molecule has 0 aromatic heterocycles. The third kappa shape index (κ3) is 4.37. The Morgan fingerprint density at radius 2 is 2.12 bits per heavy atom. The quantitative estimate of drug-likeness (QED) is 0.601. The second-order valence-electron chi connectivity index (χ2n) is 5.65. The van der Waals surface area contributed by atoms with Gasteiger partial charge in [-0.05, 0) is 46.3 Å². The molecule has 0 radical (unpaired) electrons. The van der Waals surface area contributed by atoms with Crippen LogP contribution < -0.4 is 11.1 Å². The van der Waals surface area contributed by atoms with E-state index in [9.17, 15) is 5.11 Å². The SMILES string of the molecule is CN(C)CC(C)(O)CNC1CCCC1CN.